The summed E-state index contributed by atoms with van der Waals surface area (Å²) in [5, 5.41) is 10.3. The average Bonchev–Trinajstić information content (AvgIpc) is 2.88. The van der Waals surface area contributed by atoms with E-state index in [9.17, 15) is 0 Å². The number of aromatic nitrogens is 4. The highest BCUT2D eigenvalue weighted by Gasteiger charge is 2.08. The van der Waals surface area contributed by atoms with Crippen LogP contribution in [-0.4, -0.2) is 33.2 Å². The minimum Gasteiger partial charge on any atom is -0.370 e. The lowest BCUT2D eigenvalue weighted by molar-refractivity contribution is 0.410. The maximum atomic E-state index is 4.69. The summed E-state index contributed by atoms with van der Waals surface area (Å²) in [5.74, 6) is 3.13. The first kappa shape index (κ1) is 13.3. The SMILES string of the molecule is CCNc1nc(C)nc(NCCc2ncon2)c1C. The molecule has 2 aromatic rings. The van der Waals surface area contributed by atoms with Gasteiger partial charge in [-0.25, -0.2) is 9.97 Å². The van der Waals surface area contributed by atoms with Crippen LogP contribution in [0.1, 0.15) is 24.1 Å². The van der Waals surface area contributed by atoms with Crippen LogP contribution in [0.3, 0.4) is 0 Å². The fourth-order valence-corrected chi connectivity index (χ4v) is 1.74. The predicted molar refractivity (Wildman–Crippen MR) is 72.2 cm³/mol. The zero-order valence-corrected chi connectivity index (χ0v) is 11.4. The third-order valence-electron chi connectivity index (χ3n) is 2.65. The molecule has 0 atom stereocenters. The Morgan fingerprint density at radius 1 is 1.16 bits per heavy atom. The van der Waals surface area contributed by atoms with Gasteiger partial charge in [-0.05, 0) is 20.8 Å². The fraction of sp³-hybridized carbons (Fsp3) is 0.500. The summed E-state index contributed by atoms with van der Waals surface area (Å²) in [5.41, 5.74) is 1.01. The zero-order chi connectivity index (χ0) is 13.7. The first-order chi connectivity index (χ1) is 9.20. The Bertz CT molecular complexity index is 525. The second kappa shape index (κ2) is 6.12. The van der Waals surface area contributed by atoms with Crippen molar-refractivity contribution in [1.29, 1.82) is 0 Å². The number of hydrogen-bond donors (Lipinski definition) is 2. The molecular formula is C12H18N6O. The lowest BCUT2D eigenvalue weighted by Gasteiger charge is -2.13. The van der Waals surface area contributed by atoms with Crippen molar-refractivity contribution in [2.45, 2.75) is 27.2 Å². The van der Waals surface area contributed by atoms with E-state index in [0.717, 1.165) is 29.6 Å². The number of anilines is 2. The van der Waals surface area contributed by atoms with Gasteiger partial charge in [0.15, 0.2) is 5.82 Å². The third kappa shape index (κ3) is 3.40. The highest BCUT2D eigenvalue weighted by atomic mass is 16.5. The normalized spacial score (nSPS) is 10.5. The summed E-state index contributed by atoms with van der Waals surface area (Å²) in [6.45, 7) is 7.45. The zero-order valence-electron chi connectivity index (χ0n) is 11.4. The Morgan fingerprint density at radius 3 is 2.53 bits per heavy atom. The van der Waals surface area contributed by atoms with Gasteiger partial charge in [-0.3, -0.25) is 0 Å². The van der Waals surface area contributed by atoms with Crippen LogP contribution in [0.15, 0.2) is 10.9 Å². The summed E-state index contributed by atoms with van der Waals surface area (Å²) in [6, 6.07) is 0. The Labute approximate surface area is 111 Å². The van der Waals surface area contributed by atoms with E-state index in [1.165, 1.54) is 6.39 Å². The van der Waals surface area contributed by atoms with Crippen LogP contribution >= 0.6 is 0 Å². The van der Waals surface area contributed by atoms with Crippen molar-refractivity contribution in [3.8, 4) is 0 Å². The molecule has 2 rings (SSSR count). The molecule has 0 aromatic carbocycles. The van der Waals surface area contributed by atoms with Crippen molar-refractivity contribution in [3.05, 3.63) is 23.6 Å². The van der Waals surface area contributed by atoms with Gasteiger partial charge in [0.1, 0.15) is 17.5 Å². The van der Waals surface area contributed by atoms with Crippen LogP contribution in [-0.2, 0) is 6.42 Å². The largest absolute Gasteiger partial charge is 0.370 e. The van der Waals surface area contributed by atoms with E-state index >= 15 is 0 Å². The van der Waals surface area contributed by atoms with Gasteiger partial charge in [-0.15, -0.1) is 0 Å². The fourth-order valence-electron chi connectivity index (χ4n) is 1.74. The molecule has 2 aromatic heterocycles. The van der Waals surface area contributed by atoms with Crippen molar-refractivity contribution in [2.24, 2.45) is 0 Å². The van der Waals surface area contributed by atoms with Gasteiger partial charge >= 0.3 is 0 Å². The number of nitrogens with one attached hydrogen (secondary N) is 2. The van der Waals surface area contributed by atoms with Crippen LogP contribution in [0.5, 0.6) is 0 Å². The van der Waals surface area contributed by atoms with E-state index in [0.29, 0.717) is 18.8 Å². The molecule has 0 spiro atoms. The van der Waals surface area contributed by atoms with Gasteiger partial charge in [0.2, 0.25) is 6.39 Å². The standard InChI is InChI=1S/C12H18N6O/c1-4-13-11-8(2)12(17-9(3)16-11)14-6-5-10-15-7-19-18-10/h7H,4-6H2,1-3H3,(H2,13,14,16,17). The van der Waals surface area contributed by atoms with Crippen molar-refractivity contribution in [3.63, 3.8) is 0 Å². The van der Waals surface area contributed by atoms with Gasteiger partial charge in [0.05, 0.1) is 0 Å². The Hall–Kier alpha value is -2.18. The Morgan fingerprint density at radius 2 is 1.89 bits per heavy atom. The first-order valence-electron chi connectivity index (χ1n) is 6.29. The minimum atomic E-state index is 0.683. The van der Waals surface area contributed by atoms with Crippen molar-refractivity contribution < 1.29 is 4.52 Å². The minimum absolute atomic E-state index is 0.683. The van der Waals surface area contributed by atoms with E-state index in [2.05, 4.69) is 35.3 Å². The summed E-state index contributed by atoms with van der Waals surface area (Å²) in [7, 11) is 0. The molecule has 0 aliphatic heterocycles. The molecule has 19 heavy (non-hydrogen) atoms. The Kier molecular flexibility index (Phi) is 4.27. The molecule has 0 unspecified atom stereocenters. The molecule has 102 valence electrons. The van der Waals surface area contributed by atoms with Crippen LogP contribution in [0.2, 0.25) is 0 Å². The molecule has 0 saturated heterocycles. The molecule has 7 heteroatoms. The lowest BCUT2D eigenvalue weighted by atomic mass is 10.3. The molecule has 0 bridgehead atoms. The summed E-state index contributed by atoms with van der Waals surface area (Å²) in [6.07, 6.45) is 2.02. The van der Waals surface area contributed by atoms with Gasteiger partial charge in [-0.1, -0.05) is 5.16 Å². The molecule has 0 saturated carbocycles. The second-order valence-electron chi connectivity index (χ2n) is 4.15. The molecule has 0 amide bonds. The summed E-state index contributed by atoms with van der Waals surface area (Å²) >= 11 is 0. The summed E-state index contributed by atoms with van der Waals surface area (Å²) in [4.78, 5) is 12.8. The van der Waals surface area contributed by atoms with E-state index in [-0.39, 0.29) is 0 Å². The first-order valence-corrected chi connectivity index (χ1v) is 6.29. The highest BCUT2D eigenvalue weighted by Crippen LogP contribution is 2.19. The quantitative estimate of drug-likeness (QED) is 0.816. The molecule has 0 radical (unpaired) electrons. The van der Waals surface area contributed by atoms with Crippen molar-refractivity contribution in [1.82, 2.24) is 20.1 Å². The van der Waals surface area contributed by atoms with E-state index < -0.39 is 0 Å². The molecule has 2 heterocycles. The molecule has 2 N–H and O–H groups in total. The Balaban J connectivity index is 2.02. The topological polar surface area (TPSA) is 88.8 Å². The van der Waals surface area contributed by atoms with Crippen LogP contribution in [0.4, 0.5) is 11.6 Å². The van der Waals surface area contributed by atoms with E-state index in [1.807, 2.05) is 20.8 Å². The number of nitrogens with zero attached hydrogens (tertiary/aromatic N) is 4. The molecule has 0 fully saturated rings. The molecule has 0 aliphatic carbocycles. The predicted octanol–water partition coefficient (Wildman–Crippen LogP) is 1.56. The smallest absolute Gasteiger partial charge is 0.213 e. The van der Waals surface area contributed by atoms with Gasteiger partial charge < -0.3 is 15.2 Å². The highest BCUT2D eigenvalue weighted by molar-refractivity contribution is 5.57. The van der Waals surface area contributed by atoms with Gasteiger partial charge in [0, 0.05) is 25.1 Å². The monoisotopic (exact) mass is 262 g/mol. The average molecular weight is 262 g/mol. The third-order valence-corrected chi connectivity index (χ3v) is 2.65. The summed E-state index contributed by atoms with van der Waals surface area (Å²) < 4.78 is 4.69. The number of rotatable bonds is 6. The van der Waals surface area contributed by atoms with Crippen molar-refractivity contribution >= 4 is 11.6 Å². The molecular weight excluding hydrogens is 244 g/mol. The maximum absolute atomic E-state index is 4.69. The van der Waals surface area contributed by atoms with Crippen LogP contribution in [0.25, 0.3) is 0 Å². The number of aryl methyl sites for hydroxylation is 1. The van der Waals surface area contributed by atoms with Crippen LogP contribution in [0, 0.1) is 13.8 Å². The maximum Gasteiger partial charge on any atom is 0.213 e. The number of hydrogen-bond acceptors (Lipinski definition) is 7. The molecule has 0 aliphatic rings. The van der Waals surface area contributed by atoms with Gasteiger partial charge in [0.25, 0.3) is 0 Å². The van der Waals surface area contributed by atoms with E-state index in [4.69, 9.17) is 0 Å². The second-order valence-corrected chi connectivity index (χ2v) is 4.15. The van der Waals surface area contributed by atoms with E-state index in [1.54, 1.807) is 0 Å². The van der Waals surface area contributed by atoms with Crippen LogP contribution < -0.4 is 10.6 Å². The lowest BCUT2D eigenvalue weighted by Crippen LogP contribution is -2.12. The van der Waals surface area contributed by atoms with Gasteiger partial charge in [-0.2, -0.15) is 4.98 Å². The van der Waals surface area contributed by atoms with Crippen molar-refractivity contribution in [2.75, 3.05) is 23.7 Å². The molecule has 7 nitrogen and oxygen atoms in total.